The topological polar surface area (TPSA) is 15.8 Å². The largest absolute Gasteiger partial charge is 0.358 e. The molecule has 0 amide bonds. The Bertz CT molecular complexity index is 790. The van der Waals surface area contributed by atoms with Crippen LogP contribution in [0.4, 0.5) is 0 Å². The molecule has 1 heterocycles. The van der Waals surface area contributed by atoms with Gasteiger partial charge in [-0.25, -0.2) is 0 Å². The van der Waals surface area contributed by atoms with E-state index in [2.05, 4.69) is 70.8 Å². The second-order valence-electron chi connectivity index (χ2n) is 9.26. The van der Waals surface area contributed by atoms with Crippen molar-refractivity contribution in [2.45, 2.75) is 59.3 Å². The maximum atomic E-state index is 3.71. The highest BCUT2D eigenvalue weighted by Crippen LogP contribution is 2.60. The summed E-state index contributed by atoms with van der Waals surface area (Å²) in [6, 6.07) is 6.96. The lowest BCUT2D eigenvalue weighted by molar-refractivity contribution is 0.475. The number of hydrogen-bond donors (Lipinski definition) is 1. The van der Waals surface area contributed by atoms with Crippen LogP contribution >= 0.6 is 0 Å². The van der Waals surface area contributed by atoms with Crippen LogP contribution in [0.15, 0.2) is 23.8 Å². The van der Waals surface area contributed by atoms with E-state index in [-0.39, 0.29) is 10.8 Å². The number of allylic oxidation sites excluding steroid dienone is 1. The van der Waals surface area contributed by atoms with Crippen LogP contribution in [0.2, 0.25) is 0 Å². The van der Waals surface area contributed by atoms with E-state index in [0.29, 0.717) is 0 Å². The molecule has 0 radical (unpaired) electrons. The summed E-state index contributed by atoms with van der Waals surface area (Å²) in [4.78, 5) is 3.71. The number of hydrogen-bond acceptors (Lipinski definition) is 0. The molecule has 116 valence electrons. The molecule has 0 bridgehead atoms. The fraction of sp³-hybridized carbons (Fsp3) is 0.524. The molecular weight excluding hydrogens is 266 g/mol. The minimum atomic E-state index is 0.200. The first-order valence-corrected chi connectivity index (χ1v) is 8.54. The Hall–Kier alpha value is -1.50. The molecule has 2 aromatic rings. The van der Waals surface area contributed by atoms with E-state index < -0.39 is 0 Å². The minimum absolute atomic E-state index is 0.200. The van der Waals surface area contributed by atoms with Crippen LogP contribution in [0.1, 0.15) is 70.7 Å². The Morgan fingerprint density at radius 1 is 0.955 bits per heavy atom. The zero-order valence-corrected chi connectivity index (χ0v) is 14.7. The lowest BCUT2D eigenvalue weighted by Gasteiger charge is -2.26. The second kappa shape index (κ2) is 4.07. The van der Waals surface area contributed by atoms with Gasteiger partial charge in [-0.3, -0.25) is 0 Å². The normalized spacial score (nSPS) is 24.0. The summed E-state index contributed by atoms with van der Waals surface area (Å²) in [5, 5.41) is 1.41. The molecule has 2 aliphatic carbocycles. The summed E-state index contributed by atoms with van der Waals surface area (Å²) < 4.78 is 0. The van der Waals surface area contributed by atoms with Crippen molar-refractivity contribution in [1.82, 2.24) is 4.98 Å². The third-order valence-corrected chi connectivity index (χ3v) is 5.46. The lowest BCUT2D eigenvalue weighted by atomic mass is 9.79. The van der Waals surface area contributed by atoms with E-state index in [1.165, 1.54) is 34.1 Å². The van der Waals surface area contributed by atoms with Gasteiger partial charge in [0.25, 0.3) is 0 Å². The highest BCUT2D eigenvalue weighted by Gasteiger charge is 2.48. The third-order valence-electron chi connectivity index (χ3n) is 5.46. The monoisotopic (exact) mass is 293 g/mol. The van der Waals surface area contributed by atoms with E-state index in [9.17, 15) is 0 Å². The Morgan fingerprint density at radius 3 is 2.32 bits per heavy atom. The first kappa shape index (κ1) is 14.1. The van der Waals surface area contributed by atoms with Crippen LogP contribution in [-0.2, 0) is 5.41 Å². The molecule has 1 nitrogen and oxygen atoms in total. The van der Waals surface area contributed by atoms with Gasteiger partial charge < -0.3 is 4.98 Å². The van der Waals surface area contributed by atoms with Crippen LogP contribution in [0.3, 0.4) is 0 Å². The quantitative estimate of drug-likeness (QED) is 0.612. The van der Waals surface area contributed by atoms with Crippen molar-refractivity contribution in [3.8, 4) is 0 Å². The summed E-state index contributed by atoms with van der Waals surface area (Å²) in [5.74, 6) is 1.52. The number of benzene rings is 1. The third kappa shape index (κ3) is 1.98. The SMILES string of the molecule is CC(C)(C)C1=Cc2c([nH]c3ccc(C(C)(C)C)cc23)C2CC12. The lowest BCUT2D eigenvalue weighted by Crippen LogP contribution is -2.14. The molecule has 0 saturated heterocycles. The summed E-state index contributed by atoms with van der Waals surface area (Å²) in [6.45, 7) is 13.9. The van der Waals surface area contributed by atoms with Gasteiger partial charge in [0.15, 0.2) is 0 Å². The second-order valence-corrected chi connectivity index (χ2v) is 9.26. The van der Waals surface area contributed by atoms with E-state index in [1.54, 1.807) is 5.57 Å². The maximum Gasteiger partial charge on any atom is 0.0462 e. The molecule has 1 N–H and O–H groups in total. The fourth-order valence-corrected chi connectivity index (χ4v) is 4.04. The molecule has 22 heavy (non-hydrogen) atoms. The number of aromatic nitrogens is 1. The molecule has 2 unspecified atom stereocenters. The van der Waals surface area contributed by atoms with Crippen LogP contribution in [0.5, 0.6) is 0 Å². The average Bonchev–Trinajstić information content (AvgIpc) is 3.10. The maximum absolute atomic E-state index is 3.71. The molecular formula is C21H27N. The van der Waals surface area contributed by atoms with Gasteiger partial charge in [-0.2, -0.15) is 0 Å². The number of rotatable bonds is 0. The van der Waals surface area contributed by atoms with Crippen molar-refractivity contribution < 1.29 is 0 Å². The summed E-state index contributed by atoms with van der Waals surface area (Å²) in [5.41, 5.74) is 7.80. The van der Waals surface area contributed by atoms with Crippen molar-refractivity contribution in [2.24, 2.45) is 11.3 Å². The Kier molecular flexibility index (Phi) is 2.61. The van der Waals surface area contributed by atoms with Crippen molar-refractivity contribution in [3.05, 3.63) is 40.6 Å². The number of nitrogens with one attached hydrogen (secondary N) is 1. The molecule has 2 aliphatic rings. The van der Waals surface area contributed by atoms with E-state index >= 15 is 0 Å². The van der Waals surface area contributed by atoms with Gasteiger partial charge in [-0.05, 0) is 40.9 Å². The van der Waals surface area contributed by atoms with Crippen LogP contribution in [0, 0.1) is 11.3 Å². The highest BCUT2D eigenvalue weighted by molar-refractivity contribution is 5.93. The Morgan fingerprint density at radius 2 is 1.68 bits per heavy atom. The predicted molar refractivity (Wildman–Crippen MR) is 95.3 cm³/mol. The summed E-state index contributed by atoms with van der Waals surface area (Å²) in [6.07, 6.45) is 3.82. The minimum Gasteiger partial charge on any atom is -0.358 e. The van der Waals surface area contributed by atoms with Crippen molar-refractivity contribution in [3.63, 3.8) is 0 Å². The average molecular weight is 293 g/mol. The zero-order valence-electron chi connectivity index (χ0n) is 14.7. The fourth-order valence-electron chi connectivity index (χ4n) is 4.04. The van der Waals surface area contributed by atoms with E-state index in [4.69, 9.17) is 0 Å². The molecule has 4 rings (SSSR count). The summed E-state index contributed by atoms with van der Waals surface area (Å²) >= 11 is 0. The number of H-pyrrole nitrogens is 1. The zero-order chi connectivity index (χ0) is 15.9. The molecule has 1 fully saturated rings. The predicted octanol–water partition coefficient (Wildman–Crippen LogP) is 6.01. The van der Waals surface area contributed by atoms with Crippen molar-refractivity contribution in [2.75, 3.05) is 0 Å². The molecule has 0 aliphatic heterocycles. The molecule has 1 saturated carbocycles. The summed E-state index contributed by atoms with van der Waals surface area (Å²) in [7, 11) is 0. The van der Waals surface area contributed by atoms with Gasteiger partial charge in [-0.15, -0.1) is 0 Å². The van der Waals surface area contributed by atoms with Crippen molar-refractivity contribution >= 4 is 17.0 Å². The Balaban J connectivity index is 1.95. The molecule has 1 heteroatoms. The molecule has 1 aromatic heterocycles. The molecule has 0 spiro atoms. The highest BCUT2D eigenvalue weighted by atomic mass is 14.8. The van der Waals surface area contributed by atoms with Gasteiger partial charge >= 0.3 is 0 Å². The number of aromatic amines is 1. The molecule has 2 atom stereocenters. The van der Waals surface area contributed by atoms with Gasteiger partial charge in [0.1, 0.15) is 0 Å². The van der Waals surface area contributed by atoms with Crippen LogP contribution < -0.4 is 0 Å². The van der Waals surface area contributed by atoms with Crippen molar-refractivity contribution in [1.29, 1.82) is 0 Å². The van der Waals surface area contributed by atoms with Gasteiger partial charge in [0.2, 0.25) is 0 Å². The number of fused-ring (bicyclic) bond motifs is 5. The molecule has 1 aromatic carbocycles. The van der Waals surface area contributed by atoms with E-state index in [1.807, 2.05) is 0 Å². The van der Waals surface area contributed by atoms with Gasteiger partial charge in [0, 0.05) is 28.1 Å². The standard InChI is InChI=1S/C21H27N/c1-20(2,3)12-7-8-18-14(9-12)16-11-17(21(4,5)6)13-10-15(13)19(16)22-18/h7-9,11,13,15,22H,10H2,1-6H3. The Labute approximate surface area is 133 Å². The van der Waals surface area contributed by atoms with E-state index in [0.717, 1.165) is 11.8 Å². The van der Waals surface area contributed by atoms with Crippen LogP contribution in [0.25, 0.3) is 17.0 Å². The van der Waals surface area contributed by atoms with Gasteiger partial charge in [0.05, 0.1) is 0 Å². The smallest absolute Gasteiger partial charge is 0.0462 e. The first-order valence-electron chi connectivity index (χ1n) is 8.54. The van der Waals surface area contributed by atoms with Crippen LogP contribution in [-0.4, -0.2) is 4.98 Å². The van der Waals surface area contributed by atoms with Gasteiger partial charge in [-0.1, -0.05) is 59.3 Å². The first-order chi connectivity index (χ1) is 10.2.